The maximum absolute atomic E-state index is 11.8. The van der Waals surface area contributed by atoms with Gasteiger partial charge in [-0.05, 0) is 6.42 Å². The van der Waals surface area contributed by atoms with E-state index in [4.69, 9.17) is 4.74 Å². The standard InChI is InChI=1S/C23H46O6/c1-2-3-4-5-6-7-8-9-10-11-12-13-14-15-16-21(27)22(28)29-20-23(17-24,18-25)19-26/h21,24-27H,2-20H2,1H3. The van der Waals surface area contributed by atoms with E-state index in [-0.39, 0.29) is 6.61 Å². The van der Waals surface area contributed by atoms with Crippen LogP contribution in [0.1, 0.15) is 103 Å². The number of hydrogen-bond acceptors (Lipinski definition) is 6. The van der Waals surface area contributed by atoms with Gasteiger partial charge in [0, 0.05) is 0 Å². The monoisotopic (exact) mass is 418 g/mol. The zero-order chi connectivity index (χ0) is 21.8. The molecule has 0 aromatic rings. The van der Waals surface area contributed by atoms with Crippen LogP contribution in [0.4, 0.5) is 0 Å². The molecule has 0 amide bonds. The Morgan fingerprint density at radius 1 is 0.724 bits per heavy atom. The molecule has 0 aromatic heterocycles. The lowest BCUT2D eigenvalue weighted by Gasteiger charge is -2.26. The number of ether oxygens (including phenoxy) is 1. The number of aliphatic hydroxyl groups is 4. The third-order valence-electron chi connectivity index (χ3n) is 5.63. The van der Waals surface area contributed by atoms with Crippen LogP contribution in [0.3, 0.4) is 0 Å². The molecule has 0 saturated carbocycles. The van der Waals surface area contributed by atoms with Gasteiger partial charge in [-0.2, -0.15) is 0 Å². The molecule has 1 unspecified atom stereocenters. The Labute approximate surface area is 177 Å². The van der Waals surface area contributed by atoms with Crippen molar-refractivity contribution in [1.29, 1.82) is 0 Å². The Balaban J connectivity index is 3.53. The van der Waals surface area contributed by atoms with Gasteiger partial charge in [-0.25, -0.2) is 4.79 Å². The zero-order valence-electron chi connectivity index (χ0n) is 18.6. The first-order chi connectivity index (χ1) is 14.0. The van der Waals surface area contributed by atoms with E-state index in [9.17, 15) is 25.2 Å². The summed E-state index contributed by atoms with van der Waals surface area (Å²) in [5.41, 5.74) is -1.26. The van der Waals surface area contributed by atoms with Crippen LogP contribution in [0.15, 0.2) is 0 Å². The van der Waals surface area contributed by atoms with Crippen molar-refractivity contribution in [1.82, 2.24) is 0 Å². The summed E-state index contributed by atoms with van der Waals surface area (Å²) in [7, 11) is 0. The van der Waals surface area contributed by atoms with Gasteiger partial charge in [-0.15, -0.1) is 0 Å². The van der Waals surface area contributed by atoms with Gasteiger partial charge in [0.2, 0.25) is 0 Å². The van der Waals surface area contributed by atoms with Crippen LogP contribution in [0, 0.1) is 5.41 Å². The Bertz CT molecular complexity index is 362. The predicted octanol–water partition coefficient (Wildman–Crippen LogP) is 3.73. The smallest absolute Gasteiger partial charge is 0.334 e. The van der Waals surface area contributed by atoms with Crippen molar-refractivity contribution in [3.8, 4) is 0 Å². The summed E-state index contributed by atoms with van der Waals surface area (Å²) >= 11 is 0. The molecule has 0 fully saturated rings. The fraction of sp³-hybridized carbons (Fsp3) is 0.957. The summed E-state index contributed by atoms with van der Waals surface area (Å²) < 4.78 is 4.94. The van der Waals surface area contributed by atoms with E-state index in [2.05, 4.69) is 6.92 Å². The summed E-state index contributed by atoms with van der Waals surface area (Å²) in [4.78, 5) is 11.8. The molecular formula is C23H46O6. The lowest BCUT2D eigenvalue weighted by Crippen LogP contribution is -2.40. The second-order valence-electron chi connectivity index (χ2n) is 8.48. The van der Waals surface area contributed by atoms with Crippen molar-refractivity contribution < 1.29 is 30.0 Å². The number of carbonyl (C=O) groups excluding carboxylic acids is 1. The molecule has 0 rings (SSSR count). The van der Waals surface area contributed by atoms with Crippen molar-refractivity contribution in [3.05, 3.63) is 0 Å². The highest BCUT2D eigenvalue weighted by Crippen LogP contribution is 2.17. The van der Waals surface area contributed by atoms with Crippen LogP contribution in [0.2, 0.25) is 0 Å². The molecule has 6 heteroatoms. The average Bonchev–Trinajstić information content (AvgIpc) is 2.75. The van der Waals surface area contributed by atoms with E-state index in [1.165, 1.54) is 70.6 Å². The van der Waals surface area contributed by atoms with Gasteiger partial charge in [0.15, 0.2) is 6.10 Å². The third kappa shape index (κ3) is 14.9. The summed E-state index contributed by atoms with van der Waals surface area (Å²) in [5, 5.41) is 37.5. The van der Waals surface area contributed by atoms with E-state index < -0.39 is 37.3 Å². The van der Waals surface area contributed by atoms with Crippen LogP contribution in [0.25, 0.3) is 0 Å². The summed E-state index contributed by atoms with van der Waals surface area (Å²) in [6, 6.07) is 0. The molecule has 0 aliphatic heterocycles. The molecular weight excluding hydrogens is 372 g/mol. The Morgan fingerprint density at radius 3 is 1.48 bits per heavy atom. The summed E-state index contributed by atoms with van der Waals surface area (Å²) in [6.07, 6.45) is 16.6. The molecule has 0 aliphatic rings. The van der Waals surface area contributed by atoms with E-state index in [0.29, 0.717) is 6.42 Å². The number of hydrogen-bond donors (Lipinski definition) is 4. The van der Waals surface area contributed by atoms with Gasteiger partial charge in [0.05, 0.1) is 25.2 Å². The molecule has 0 aliphatic carbocycles. The van der Waals surface area contributed by atoms with Crippen molar-refractivity contribution >= 4 is 5.97 Å². The SMILES string of the molecule is CCCCCCCCCCCCCCCCC(O)C(=O)OCC(CO)(CO)CO. The minimum atomic E-state index is -1.26. The lowest BCUT2D eigenvalue weighted by atomic mass is 9.92. The molecule has 6 nitrogen and oxygen atoms in total. The van der Waals surface area contributed by atoms with Gasteiger partial charge in [-0.1, -0.05) is 96.8 Å². The average molecular weight is 419 g/mol. The van der Waals surface area contributed by atoms with Crippen molar-refractivity contribution in [2.75, 3.05) is 26.4 Å². The summed E-state index contributed by atoms with van der Waals surface area (Å²) in [6.45, 7) is 0.441. The number of rotatable bonds is 21. The molecule has 29 heavy (non-hydrogen) atoms. The first-order valence-corrected chi connectivity index (χ1v) is 11.7. The molecule has 0 heterocycles. The van der Waals surface area contributed by atoms with E-state index in [0.717, 1.165) is 19.3 Å². The second-order valence-corrected chi connectivity index (χ2v) is 8.48. The van der Waals surface area contributed by atoms with Gasteiger partial charge in [0.25, 0.3) is 0 Å². The molecule has 0 saturated heterocycles. The Morgan fingerprint density at radius 2 is 1.10 bits per heavy atom. The van der Waals surface area contributed by atoms with Gasteiger partial charge < -0.3 is 25.2 Å². The molecule has 0 bridgehead atoms. The first kappa shape index (κ1) is 28.3. The van der Waals surface area contributed by atoms with E-state index in [1.807, 2.05) is 0 Å². The lowest BCUT2D eigenvalue weighted by molar-refractivity contribution is -0.161. The van der Waals surface area contributed by atoms with Crippen molar-refractivity contribution in [2.45, 2.75) is 109 Å². The highest BCUT2D eigenvalue weighted by molar-refractivity contribution is 5.74. The van der Waals surface area contributed by atoms with Crippen molar-refractivity contribution in [3.63, 3.8) is 0 Å². The fourth-order valence-corrected chi connectivity index (χ4v) is 3.26. The maximum atomic E-state index is 11.8. The highest BCUT2D eigenvalue weighted by atomic mass is 16.5. The minimum Gasteiger partial charge on any atom is -0.463 e. The van der Waals surface area contributed by atoms with Crippen LogP contribution in [0.5, 0.6) is 0 Å². The quantitative estimate of drug-likeness (QED) is 0.167. The van der Waals surface area contributed by atoms with Crippen LogP contribution < -0.4 is 0 Å². The zero-order valence-corrected chi connectivity index (χ0v) is 18.6. The Hall–Kier alpha value is -0.690. The molecule has 0 spiro atoms. The summed E-state index contributed by atoms with van der Waals surface area (Å²) in [5.74, 6) is -0.764. The molecule has 0 aromatic carbocycles. The number of aliphatic hydroxyl groups excluding tert-OH is 4. The van der Waals surface area contributed by atoms with Gasteiger partial charge >= 0.3 is 5.97 Å². The molecule has 0 radical (unpaired) electrons. The molecule has 174 valence electrons. The van der Waals surface area contributed by atoms with Gasteiger partial charge in [0.1, 0.15) is 6.61 Å². The number of carbonyl (C=O) groups is 1. The van der Waals surface area contributed by atoms with Crippen LogP contribution in [-0.4, -0.2) is 58.9 Å². The molecule has 1 atom stereocenters. The van der Waals surface area contributed by atoms with Gasteiger partial charge in [-0.3, -0.25) is 0 Å². The second kappa shape index (κ2) is 19.3. The Kier molecular flexibility index (Phi) is 18.8. The van der Waals surface area contributed by atoms with Crippen LogP contribution >= 0.6 is 0 Å². The van der Waals surface area contributed by atoms with E-state index in [1.54, 1.807) is 0 Å². The fourth-order valence-electron chi connectivity index (χ4n) is 3.26. The van der Waals surface area contributed by atoms with Crippen LogP contribution in [-0.2, 0) is 9.53 Å². The predicted molar refractivity (Wildman–Crippen MR) is 116 cm³/mol. The van der Waals surface area contributed by atoms with E-state index >= 15 is 0 Å². The number of unbranched alkanes of at least 4 members (excludes halogenated alkanes) is 13. The highest BCUT2D eigenvalue weighted by Gasteiger charge is 2.31. The minimum absolute atomic E-state index is 0.314. The topological polar surface area (TPSA) is 107 Å². The first-order valence-electron chi connectivity index (χ1n) is 11.7. The molecule has 4 N–H and O–H groups in total. The number of esters is 1. The largest absolute Gasteiger partial charge is 0.463 e. The van der Waals surface area contributed by atoms with Crippen molar-refractivity contribution in [2.24, 2.45) is 5.41 Å². The normalized spacial score (nSPS) is 12.9. The third-order valence-corrected chi connectivity index (χ3v) is 5.63. The maximum Gasteiger partial charge on any atom is 0.334 e.